The fourth-order valence-corrected chi connectivity index (χ4v) is 5.25. The predicted molar refractivity (Wildman–Crippen MR) is 122 cm³/mol. The predicted octanol–water partition coefficient (Wildman–Crippen LogP) is 5.50. The van der Waals surface area contributed by atoms with Crippen molar-refractivity contribution >= 4 is 27.4 Å². The minimum absolute atomic E-state index is 0.162. The van der Waals surface area contributed by atoms with Crippen LogP contribution in [0.15, 0.2) is 54.2 Å². The molecule has 0 unspecified atom stereocenters. The molecule has 0 bridgehead atoms. The topological polar surface area (TPSA) is 47.5 Å². The second-order valence-corrected chi connectivity index (χ2v) is 8.28. The number of anilines is 1. The van der Waals surface area contributed by atoms with E-state index in [1.807, 2.05) is 6.07 Å². The van der Waals surface area contributed by atoms with Gasteiger partial charge in [-0.25, -0.2) is 9.97 Å². The Morgan fingerprint density at radius 2 is 1.80 bits per heavy atom. The van der Waals surface area contributed by atoms with E-state index < -0.39 is 0 Å². The Bertz CT molecular complexity index is 1210. The summed E-state index contributed by atoms with van der Waals surface area (Å²) in [5.41, 5.74) is 4.94. The fraction of sp³-hybridized carbons (Fsp3) is 0.250. The molecule has 2 aromatic heterocycles. The van der Waals surface area contributed by atoms with Gasteiger partial charge >= 0.3 is 0 Å². The highest BCUT2D eigenvalue weighted by Gasteiger charge is 2.29. The highest BCUT2D eigenvalue weighted by atomic mass is 32.1. The van der Waals surface area contributed by atoms with E-state index in [9.17, 15) is 0 Å². The van der Waals surface area contributed by atoms with Crippen LogP contribution in [0.4, 0.5) is 5.82 Å². The Labute approximate surface area is 179 Å². The number of hydrogen-bond donors (Lipinski definition) is 0. The molecule has 30 heavy (non-hydrogen) atoms. The summed E-state index contributed by atoms with van der Waals surface area (Å²) < 4.78 is 11.1. The number of thiophene rings is 1. The van der Waals surface area contributed by atoms with Crippen LogP contribution in [0.5, 0.6) is 11.5 Å². The van der Waals surface area contributed by atoms with Crippen molar-refractivity contribution in [2.24, 2.45) is 0 Å². The van der Waals surface area contributed by atoms with Crippen LogP contribution in [0.2, 0.25) is 0 Å². The molecule has 3 heterocycles. The van der Waals surface area contributed by atoms with Crippen molar-refractivity contribution in [3.63, 3.8) is 0 Å². The summed E-state index contributed by atoms with van der Waals surface area (Å²) in [6.07, 6.45) is 2.61. The lowest BCUT2D eigenvalue weighted by Gasteiger charge is -2.37. The number of rotatable bonds is 4. The van der Waals surface area contributed by atoms with Gasteiger partial charge in [-0.1, -0.05) is 30.3 Å². The maximum atomic E-state index is 5.56. The van der Waals surface area contributed by atoms with E-state index in [4.69, 9.17) is 14.5 Å². The zero-order valence-electron chi connectivity index (χ0n) is 17.3. The lowest BCUT2D eigenvalue weighted by molar-refractivity contribution is 0.353. The highest BCUT2D eigenvalue weighted by molar-refractivity contribution is 7.17. The van der Waals surface area contributed by atoms with E-state index in [0.717, 1.165) is 40.5 Å². The molecular weight excluding hydrogens is 394 g/mol. The van der Waals surface area contributed by atoms with Gasteiger partial charge in [-0.15, -0.1) is 11.3 Å². The molecule has 152 valence electrons. The summed E-state index contributed by atoms with van der Waals surface area (Å²) in [7, 11) is 3.36. The summed E-state index contributed by atoms with van der Waals surface area (Å²) in [5.74, 6) is 2.54. The van der Waals surface area contributed by atoms with E-state index in [0.29, 0.717) is 0 Å². The van der Waals surface area contributed by atoms with Crippen LogP contribution in [0.3, 0.4) is 0 Å². The second kappa shape index (κ2) is 7.61. The van der Waals surface area contributed by atoms with Crippen molar-refractivity contribution in [2.75, 3.05) is 25.7 Å². The largest absolute Gasteiger partial charge is 0.493 e. The normalized spacial score (nSPS) is 15.8. The third-order valence-corrected chi connectivity index (χ3v) is 6.78. The first-order valence-corrected chi connectivity index (χ1v) is 10.9. The number of aromatic nitrogens is 2. The number of ether oxygens (including phenoxy) is 2. The molecule has 2 aromatic carbocycles. The molecule has 0 amide bonds. The first-order valence-electron chi connectivity index (χ1n) is 10.00. The van der Waals surface area contributed by atoms with Gasteiger partial charge < -0.3 is 14.4 Å². The second-order valence-electron chi connectivity index (χ2n) is 7.42. The van der Waals surface area contributed by atoms with Crippen molar-refractivity contribution in [2.45, 2.75) is 19.4 Å². The smallest absolute Gasteiger partial charge is 0.161 e. The first kappa shape index (κ1) is 18.9. The first-order chi connectivity index (χ1) is 14.7. The van der Waals surface area contributed by atoms with Gasteiger partial charge in [0.2, 0.25) is 0 Å². The lowest BCUT2D eigenvalue weighted by Crippen LogP contribution is -2.34. The number of fused-ring (bicyclic) bond motifs is 2. The van der Waals surface area contributed by atoms with E-state index in [1.165, 1.54) is 22.3 Å². The number of nitrogens with zero attached hydrogens (tertiary/aromatic N) is 3. The van der Waals surface area contributed by atoms with Gasteiger partial charge in [-0.3, -0.25) is 0 Å². The Morgan fingerprint density at radius 3 is 2.57 bits per heavy atom. The molecule has 4 aromatic rings. The molecule has 0 aliphatic carbocycles. The van der Waals surface area contributed by atoms with Crippen LogP contribution in [-0.2, 0) is 6.42 Å². The van der Waals surface area contributed by atoms with Crippen molar-refractivity contribution < 1.29 is 9.47 Å². The number of benzene rings is 2. The summed E-state index contributed by atoms with van der Waals surface area (Å²) in [6, 6.07) is 14.8. The molecule has 0 radical (unpaired) electrons. The average Bonchev–Trinajstić information content (AvgIpc) is 3.24. The molecule has 0 saturated carbocycles. The molecular formula is C24H23N3O2S. The van der Waals surface area contributed by atoms with Gasteiger partial charge in [0, 0.05) is 17.5 Å². The number of hydrogen-bond acceptors (Lipinski definition) is 6. The van der Waals surface area contributed by atoms with Crippen molar-refractivity contribution in [3.8, 4) is 22.6 Å². The maximum absolute atomic E-state index is 5.56. The van der Waals surface area contributed by atoms with Gasteiger partial charge in [-0.05, 0) is 42.2 Å². The molecule has 0 spiro atoms. The third kappa shape index (κ3) is 2.99. The van der Waals surface area contributed by atoms with Crippen molar-refractivity contribution in [1.29, 1.82) is 0 Å². The van der Waals surface area contributed by atoms with Crippen LogP contribution in [0.1, 0.15) is 24.1 Å². The van der Waals surface area contributed by atoms with Gasteiger partial charge in [0.25, 0.3) is 0 Å². The van der Waals surface area contributed by atoms with Gasteiger partial charge in [-0.2, -0.15) is 0 Å². The summed E-state index contributed by atoms with van der Waals surface area (Å²) >= 11 is 1.67. The van der Waals surface area contributed by atoms with Gasteiger partial charge in [0.1, 0.15) is 17.0 Å². The molecule has 1 atom stereocenters. The van der Waals surface area contributed by atoms with Crippen LogP contribution in [-0.4, -0.2) is 30.7 Å². The molecule has 1 aliphatic rings. The highest BCUT2D eigenvalue weighted by Crippen LogP contribution is 2.43. The molecule has 6 heteroatoms. The maximum Gasteiger partial charge on any atom is 0.161 e. The Balaban J connectivity index is 1.63. The van der Waals surface area contributed by atoms with Crippen molar-refractivity contribution in [1.82, 2.24) is 9.97 Å². The Morgan fingerprint density at radius 1 is 1.03 bits per heavy atom. The zero-order valence-corrected chi connectivity index (χ0v) is 18.1. The number of methoxy groups -OCH3 is 2. The Kier molecular flexibility index (Phi) is 4.79. The molecule has 5 rings (SSSR count). The Hall–Kier alpha value is -3.12. The SMILES string of the molecule is COc1cc2c(cc1OC)[C@@H](C)N(c1ncnc3scc(-c4ccccc4)c13)CC2. The van der Waals surface area contributed by atoms with Crippen LogP contribution < -0.4 is 14.4 Å². The molecule has 1 aliphatic heterocycles. The molecule has 0 saturated heterocycles. The lowest BCUT2D eigenvalue weighted by atomic mass is 9.92. The minimum atomic E-state index is 0.162. The fourth-order valence-electron chi connectivity index (χ4n) is 4.34. The van der Waals surface area contributed by atoms with Crippen LogP contribution >= 0.6 is 11.3 Å². The summed E-state index contributed by atoms with van der Waals surface area (Å²) in [6.45, 7) is 3.12. The van der Waals surface area contributed by atoms with Gasteiger partial charge in [0.05, 0.1) is 25.6 Å². The minimum Gasteiger partial charge on any atom is -0.493 e. The monoisotopic (exact) mass is 417 g/mol. The van der Waals surface area contributed by atoms with E-state index in [1.54, 1.807) is 31.9 Å². The quantitative estimate of drug-likeness (QED) is 0.439. The third-order valence-electron chi connectivity index (χ3n) is 5.89. The summed E-state index contributed by atoms with van der Waals surface area (Å²) in [4.78, 5) is 12.7. The zero-order chi connectivity index (χ0) is 20.7. The van der Waals surface area contributed by atoms with Crippen LogP contribution in [0.25, 0.3) is 21.3 Å². The van der Waals surface area contributed by atoms with Crippen molar-refractivity contribution in [3.05, 3.63) is 65.3 Å². The molecule has 0 N–H and O–H groups in total. The average molecular weight is 418 g/mol. The van der Waals surface area contributed by atoms with E-state index in [-0.39, 0.29) is 6.04 Å². The molecule has 0 fully saturated rings. The van der Waals surface area contributed by atoms with E-state index >= 15 is 0 Å². The van der Waals surface area contributed by atoms with E-state index in [2.05, 4.69) is 58.6 Å². The van der Waals surface area contributed by atoms with Crippen LogP contribution in [0, 0.1) is 0 Å². The summed E-state index contributed by atoms with van der Waals surface area (Å²) in [5, 5.41) is 3.32. The van der Waals surface area contributed by atoms with Gasteiger partial charge in [0.15, 0.2) is 11.5 Å². The standard InChI is InChI=1S/C24H23N3O2S/c1-15-18-12-21(29-3)20(28-2)11-17(18)9-10-27(15)23-22-19(16-7-5-4-6-8-16)13-30-24(22)26-14-25-23/h4-8,11-15H,9-10H2,1-3H3/t15-/m1/s1. The molecule has 5 nitrogen and oxygen atoms in total.